The van der Waals surface area contributed by atoms with Gasteiger partial charge in [0.2, 0.25) is 0 Å². The lowest BCUT2D eigenvalue weighted by Crippen LogP contribution is -2.43. The number of benzene rings is 1. The smallest absolute Gasteiger partial charge is 0.0712 e. The summed E-state index contributed by atoms with van der Waals surface area (Å²) in [6, 6.07) is 6.80. The molecule has 0 aromatic heterocycles. The van der Waals surface area contributed by atoms with Crippen LogP contribution in [0.5, 0.6) is 0 Å². The Bertz CT molecular complexity index is 407. The number of aliphatic hydroxyl groups is 1. The van der Waals surface area contributed by atoms with Gasteiger partial charge in [-0.2, -0.15) is 0 Å². The van der Waals surface area contributed by atoms with Gasteiger partial charge in [0, 0.05) is 6.42 Å². The summed E-state index contributed by atoms with van der Waals surface area (Å²) in [5.41, 5.74) is 3.87. The van der Waals surface area contributed by atoms with Crippen molar-refractivity contribution in [2.75, 3.05) is 13.1 Å². The first-order valence-corrected chi connectivity index (χ1v) is 6.79. The molecule has 0 radical (unpaired) electrons. The Morgan fingerprint density at radius 2 is 1.88 bits per heavy atom. The van der Waals surface area contributed by atoms with Crippen LogP contribution >= 0.6 is 0 Å². The predicted octanol–water partition coefficient (Wildman–Crippen LogP) is 1.83. The third-order valence-electron chi connectivity index (χ3n) is 4.23. The molecule has 3 rings (SSSR count). The zero-order chi connectivity index (χ0) is 11.7. The summed E-state index contributed by atoms with van der Waals surface area (Å²) < 4.78 is 0. The van der Waals surface area contributed by atoms with Crippen LogP contribution in [-0.4, -0.2) is 23.8 Å². The molecule has 0 saturated carbocycles. The molecule has 0 spiro atoms. The summed E-state index contributed by atoms with van der Waals surface area (Å²) in [7, 11) is 0. The van der Waals surface area contributed by atoms with Gasteiger partial charge in [-0.15, -0.1) is 0 Å². The van der Waals surface area contributed by atoms with Crippen LogP contribution in [0.4, 0.5) is 0 Å². The number of rotatable bonds is 2. The van der Waals surface area contributed by atoms with Crippen LogP contribution in [-0.2, 0) is 19.3 Å². The zero-order valence-corrected chi connectivity index (χ0v) is 10.3. The quantitative estimate of drug-likeness (QED) is 0.814. The van der Waals surface area contributed by atoms with Gasteiger partial charge in [0.15, 0.2) is 0 Å². The maximum absolute atomic E-state index is 10.5. The fourth-order valence-electron chi connectivity index (χ4n) is 3.18. The monoisotopic (exact) mass is 231 g/mol. The van der Waals surface area contributed by atoms with Crippen molar-refractivity contribution in [3.63, 3.8) is 0 Å². The van der Waals surface area contributed by atoms with Crippen molar-refractivity contribution in [2.24, 2.45) is 0 Å². The molecule has 0 unspecified atom stereocenters. The second-order valence-corrected chi connectivity index (χ2v) is 5.61. The Morgan fingerprint density at radius 1 is 1.12 bits per heavy atom. The van der Waals surface area contributed by atoms with Crippen LogP contribution in [0.25, 0.3) is 0 Å². The van der Waals surface area contributed by atoms with Crippen molar-refractivity contribution in [1.82, 2.24) is 5.32 Å². The molecule has 1 saturated heterocycles. The van der Waals surface area contributed by atoms with Gasteiger partial charge in [0.1, 0.15) is 0 Å². The fourth-order valence-corrected chi connectivity index (χ4v) is 3.18. The molecule has 1 aliphatic carbocycles. The largest absolute Gasteiger partial charge is 0.389 e. The van der Waals surface area contributed by atoms with E-state index >= 15 is 0 Å². The van der Waals surface area contributed by atoms with Crippen molar-refractivity contribution in [3.05, 3.63) is 34.9 Å². The highest BCUT2D eigenvalue weighted by atomic mass is 16.3. The summed E-state index contributed by atoms with van der Waals surface area (Å²) in [5, 5.41) is 13.8. The van der Waals surface area contributed by atoms with Crippen molar-refractivity contribution in [1.29, 1.82) is 0 Å². The molecule has 1 aromatic carbocycles. The lowest BCUT2D eigenvalue weighted by Gasteiger charge is -2.32. The maximum Gasteiger partial charge on any atom is 0.0712 e. The topological polar surface area (TPSA) is 32.3 Å². The van der Waals surface area contributed by atoms with E-state index in [9.17, 15) is 5.11 Å². The van der Waals surface area contributed by atoms with E-state index in [4.69, 9.17) is 0 Å². The molecule has 1 fully saturated rings. The molecule has 2 nitrogen and oxygen atoms in total. The summed E-state index contributed by atoms with van der Waals surface area (Å²) in [6.07, 6.45) is 6.34. The average Bonchev–Trinajstić information content (AvgIpc) is 2.76. The molecule has 17 heavy (non-hydrogen) atoms. The van der Waals surface area contributed by atoms with E-state index in [2.05, 4.69) is 23.5 Å². The number of fused-ring (bicyclic) bond motifs is 1. The molecular formula is C15H21NO. The SMILES string of the molecule is OC1(Cc2ccc3c(c2)CCC3)CCNCC1. The van der Waals surface area contributed by atoms with E-state index in [0.717, 1.165) is 32.4 Å². The van der Waals surface area contributed by atoms with Gasteiger partial charge in [0.05, 0.1) is 5.60 Å². The zero-order valence-electron chi connectivity index (χ0n) is 10.3. The van der Waals surface area contributed by atoms with E-state index in [1.807, 2.05) is 0 Å². The standard InChI is InChI=1S/C15H21NO/c17-15(6-8-16-9-7-15)11-12-4-5-13-2-1-3-14(13)10-12/h4-5,10,16-17H,1-3,6-9,11H2. The van der Waals surface area contributed by atoms with Gasteiger partial charge in [0.25, 0.3) is 0 Å². The van der Waals surface area contributed by atoms with E-state index in [1.54, 1.807) is 0 Å². The minimum Gasteiger partial charge on any atom is -0.389 e. The van der Waals surface area contributed by atoms with Crippen LogP contribution in [0.15, 0.2) is 18.2 Å². The minimum atomic E-state index is -0.474. The van der Waals surface area contributed by atoms with E-state index in [0.29, 0.717) is 0 Å². The fraction of sp³-hybridized carbons (Fsp3) is 0.600. The van der Waals surface area contributed by atoms with Crippen LogP contribution < -0.4 is 5.32 Å². The second kappa shape index (κ2) is 4.43. The molecule has 0 atom stereocenters. The van der Waals surface area contributed by atoms with E-state index in [1.165, 1.54) is 36.0 Å². The summed E-state index contributed by atoms with van der Waals surface area (Å²) >= 11 is 0. The normalized spacial score (nSPS) is 22.4. The van der Waals surface area contributed by atoms with Crippen molar-refractivity contribution in [3.8, 4) is 0 Å². The van der Waals surface area contributed by atoms with Gasteiger partial charge in [-0.3, -0.25) is 0 Å². The van der Waals surface area contributed by atoms with Crippen LogP contribution in [0.2, 0.25) is 0 Å². The number of hydrogen-bond donors (Lipinski definition) is 2. The highest BCUT2D eigenvalue weighted by Gasteiger charge is 2.29. The third kappa shape index (κ3) is 2.38. The van der Waals surface area contributed by atoms with Crippen molar-refractivity contribution < 1.29 is 5.11 Å². The van der Waals surface area contributed by atoms with E-state index < -0.39 is 5.60 Å². The Hall–Kier alpha value is -0.860. The highest BCUT2D eigenvalue weighted by Crippen LogP contribution is 2.27. The van der Waals surface area contributed by atoms with Gasteiger partial charge in [-0.1, -0.05) is 18.2 Å². The third-order valence-corrected chi connectivity index (χ3v) is 4.23. The van der Waals surface area contributed by atoms with Gasteiger partial charge in [-0.25, -0.2) is 0 Å². The first-order chi connectivity index (χ1) is 8.25. The molecule has 0 amide bonds. The Morgan fingerprint density at radius 3 is 2.71 bits per heavy atom. The summed E-state index contributed by atoms with van der Waals surface area (Å²) in [5.74, 6) is 0. The van der Waals surface area contributed by atoms with Crippen LogP contribution in [0.3, 0.4) is 0 Å². The van der Waals surface area contributed by atoms with Crippen molar-refractivity contribution in [2.45, 2.75) is 44.1 Å². The molecule has 2 heteroatoms. The number of aryl methyl sites for hydroxylation is 2. The molecule has 1 heterocycles. The molecule has 1 aliphatic heterocycles. The highest BCUT2D eigenvalue weighted by molar-refractivity contribution is 5.35. The minimum absolute atomic E-state index is 0.474. The molecule has 92 valence electrons. The average molecular weight is 231 g/mol. The first kappa shape index (κ1) is 11.2. The molecule has 2 N–H and O–H groups in total. The Kier molecular flexibility index (Phi) is 2.93. The Labute approximate surface area is 103 Å². The lowest BCUT2D eigenvalue weighted by molar-refractivity contribution is 0.0108. The van der Waals surface area contributed by atoms with Gasteiger partial charge >= 0.3 is 0 Å². The van der Waals surface area contributed by atoms with E-state index in [-0.39, 0.29) is 0 Å². The predicted molar refractivity (Wildman–Crippen MR) is 69.2 cm³/mol. The number of piperidine rings is 1. The molecule has 1 aromatic rings. The number of nitrogens with one attached hydrogen (secondary N) is 1. The molecule has 0 bridgehead atoms. The number of hydrogen-bond acceptors (Lipinski definition) is 2. The maximum atomic E-state index is 10.5. The molecular weight excluding hydrogens is 210 g/mol. The summed E-state index contributed by atoms with van der Waals surface area (Å²) in [6.45, 7) is 1.89. The van der Waals surface area contributed by atoms with Gasteiger partial charge < -0.3 is 10.4 Å². The van der Waals surface area contributed by atoms with Crippen molar-refractivity contribution >= 4 is 0 Å². The molecule has 2 aliphatic rings. The lowest BCUT2D eigenvalue weighted by atomic mass is 9.85. The Balaban J connectivity index is 1.76. The van der Waals surface area contributed by atoms with Crippen LogP contribution in [0, 0.1) is 0 Å². The van der Waals surface area contributed by atoms with Crippen LogP contribution in [0.1, 0.15) is 36.0 Å². The first-order valence-electron chi connectivity index (χ1n) is 6.79. The van der Waals surface area contributed by atoms with Gasteiger partial charge in [-0.05, 0) is 61.9 Å². The summed E-state index contributed by atoms with van der Waals surface area (Å²) in [4.78, 5) is 0. The second-order valence-electron chi connectivity index (χ2n) is 5.61.